The van der Waals surface area contributed by atoms with E-state index in [4.69, 9.17) is 21.1 Å². The molecule has 0 N–H and O–H groups in total. The number of nitrogens with zero attached hydrogens (tertiary/aromatic N) is 2. The van der Waals surface area contributed by atoms with Gasteiger partial charge in [-0.1, -0.05) is 39.7 Å². The van der Waals surface area contributed by atoms with Gasteiger partial charge in [-0.05, 0) is 79.4 Å². The molecular weight excluding hydrogens is 659 g/mol. The highest BCUT2D eigenvalue weighted by molar-refractivity contribution is 9.11. The van der Waals surface area contributed by atoms with Crippen LogP contribution in [-0.4, -0.2) is 16.8 Å². The Kier molecular flexibility index (Phi) is 7.51. The van der Waals surface area contributed by atoms with E-state index in [-0.39, 0.29) is 27.9 Å². The number of cyclic esters (lactones) is 1. The first-order chi connectivity index (χ1) is 16.2. The van der Waals surface area contributed by atoms with E-state index >= 15 is 0 Å². The van der Waals surface area contributed by atoms with Gasteiger partial charge in [0.25, 0.3) is 5.69 Å². The predicted molar refractivity (Wildman–Crippen MR) is 139 cm³/mol. The molecule has 0 saturated carbocycles. The van der Waals surface area contributed by atoms with E-state index in [9.17, 15) is 14.9 Å². The third-order valence-corrected chi connectivity index (χ3v) is 6.59. The van der Waals surface area contributed by atoms with E-state index in [1.54, 1.807) is 18.2 Å². The summed E-state index contributed by atoms with van der Waals surface area (Å²) in [5, 5.41) is 11.0. The molecule has 1 aliphatic heterocycles. The van der Waals surface area contributed by atoms with Crippen LogP contribution in [0.15, 0.2) is 78.7 Å². The van der Waals surface area contributed by atoms with Crippen molar-refractivity contribution in [3.8, 4) is 5.75 Å². The number of nitro benzene ring substituents is 1. The van der Waals surface area contributed by atoms with Crippen LogP contribution in [0.1, 0.15) is 16.7 Å². The van der Waals surface area contributed by atoms with Crippen molar-refractivity contribution in [2.75, 3.05) is 0 Å². The Hall–Kier alpha value is -2.53. The average molecular weight is 672 g/mol. The number of halogens is 4. The first kappa shape index (κ1) is 24.6. The molecule has 1 aliphatic rings. The quantitative estimate of drug-likeness (QED) is 0.118. The minimum absolute atomic E-state index is 0.0248. The summed E-state index contributed by atoms with van der Waals surface area (Å²) in [5.74, 6) is -0.0760. The van der Waals surface area contributed by atoms with E-state index in [0.29, 0.717) is 26.9 Å². The summed E-state index contributed by atoms with van der Waals surface area (Å²) in [7, 11) is 0. The molecule has 3 aromatic rings. The van der Waals surface area contributed by atoms with E-state index in [0.717, 1.165) is 10.0 Å². The van der Waals surface area contributed by atoms with Gasteiger partial charge in [-0.3, -0.25) is 10.1 Å². The summed E-state index contributed by atoms with van der Waals surface area (Å²) >= 11 is 16.6. The van der Waals surface area contributed by atoms with E-state index in [2.05, 4.69) is 52.8 Å². The number of benzene rings is 3. The van der Waals surface area contributed by atoms with Crippen molar-refractivity contribution >= 4 is 83.0 Å². The fourth-order valence-electron chi connectivity index (χ4n) is 3.06. The molecule has 7 nitrogen and oxygen atoms in total. The van der Waals surface area contributed by atoms with Crippen molar-refractivity contribution in [3.63, 3.8) is 0 Å². The van der Waals surface area contributed by atoms with E-state index in [1.165, 1.54) is 18.2 Å². The molecule has 1 heterocycles. The fraction of sp³-hybridized carbons (Fsp3) is 0.0435. The van der Waals surface area contributed by atoms with Gasteiger partial charge in [0.05, 0.1) is 24.5 Å². The van der Waals surface area contributed by atoms with Gasteiger partial charge in [0, 0.05) is 16.6 Å². The average Bonchev–Trinajstić information content (AvgIpc) is 3.12. The van der Waals surface area contributed by atoms with Crippen molar-refractivity contribution in [2.45, 2.75) is 6.61 Å². The lowest BCUT2D eigenvalue weighted by Crippen LogP contribution is -2.06. The Morgan fingerprint density at radius 2 is 1.82 bits per heavy atom. The Morgan fingerprint density at radius 3 is 2.47 bits per heavy atom. The molecule has 0 aliphatic carbocycles. The molecule has 4 rings (SSSR count). The number of non-ortho nitro benzene ring substituents is 1. The standard InChI is InChI=1S/C23H12Br3ClN2O5/c24-14-3-1-2-12(6-14)11-33-21-17(25)7-13(8-18(21)26)9-20-23(30)34-22(28-20)16-5-4-15(29(31)32)10-19(16)27/h1-10H,11H2/b20-9-. The molecule has 0 fully saturated rings. The number of nitro groups is 1. The van der Waals surface area contributed by atoms with Crippen LogP contribution in [0.2, 0.25) is 5.02 Å². The summed E-state index contributed by atoms with van der Waals surface area (Å²) in [6.45, 7) is 0.368. The molecule has 0 bridgehead atoms. The third kappa shape index (κ3) is 5.57. The van der Waals surface area contributed by atoms with E-state index in [1.807, 2.05) is 24.3 Å². The van der Waals surface area contributed by atoms with Gasteiger partial charge >= 0.3 is 5.97 Å². The van der Waals surface area contributed by atoms with Crippen LogP contribution in [0.4, 0.5) is 5.69 Å². The Bertz CT molecular complexity index is 1370. The summed E-state index contributed by atoms with van der Waals surface area (Å²) < 4.78 is 13.5. The smallest absolute Gasteiger partial charge is 0.363 e. The van der Waals surface area contributed by atoms with Crippen molar-refractivity contribution in [1.29, 1.82) is 0 Å². The molecule has 0 saturated heterocycles. The van der Waals surface area contributed by atoms with Gasteiger partial charge in [0.1, 0.15) is 12.4 Å². The molecule has 0 atom stereocenters. The number of rotatable bonds is 6. The lowest BCUT2D eigenvalue weighted by molar-refractivity contribution is -0.384. The maximum atomic E-state index is 12.4. The Morgan fingerprint density at radius 1 is 1.09 bits per heavy atom. The van der Waals surface area contributed by atoms with Gasteiger partial charge in [-0.25, -0.2) is 9.79 Å². The van der Waals surface area contributed by atoms with Gasteiger partial charge in [0.2, 0.25) is 5.90 Å². The van der Waals surface area contributed by atoms with Gasteiger partial charge in [-0.2, -0.15) is 0 Å². The van der Waals surface area contributed by atoms with Crippen molar-refractivity contribution in [1.82, 2.24) is 0 Å². The van der Waals surface area contributed by atoms with Crippen molar-refractivity contribution in [3.05, 3.63) is 106 Å². The van der Waals surface area contributed by atoms with Crippen LogP contribution in [0, 0.1) is 10.1 Å². The molecule has 172 valence electrons. The minimum atomic E-state index is -0.661. The summed E-state index contributed by atoms with van der Waals surface area (Å²) in [5.41, 5.74) is 1.83. The molecule has 0 amide bonds. The second-order valence-electron chi connectivity index (χ2n) is 6.99. The van der Waals surface area contributed by atoms with Crippen molar-refractivity contribution < 1.29 is 19.2 Å². The number of hydrogen-bond donors (Lipinski definition) is 0. The Balaban J connectivity index is 1.57. The zero-order valence-electron chi connectivity index (χ0n) is 16.9. The lowest BCUT2D eigenvalue weighted by atomic mass is 10.2. The largest absolute Gasteiger partial charge is 0.487 e. The minimum Gasteiger partial charge on any atom is -0.487 e. The summed E-state index contributed by atoms with van der Waals surface area (Å²) in [6.07, 6.45) is 1.56. The van der Waals surface area contributed by atoms with Crippen LogP contribution in [-0.2, 0) is 16.1 Å². The molecule has 0 unspecified atom stereocenters. The van der Waals surface area contributed by atoms with Crippen LogP contribution >= 0.6 is 59.4 Å². The number of hydrogen-bond acceptors (Lipinski definition) is 6. The highest BCUT2D eigenvalue weighted by Crippen LogP contribution is 2.36. The predicted octanol–water partition coefficient (Wildman–Crippen LogP) is 7.46. The molecule has 34 heavy (non-hydrogen) atoms. The second kappa shape index (κ2) is 10.4. The third-order valence-electron chi connectivity index (χ3n) is 4.61. The molecular formula is C23H12Br3ClN2O5. The highest BCUT2D eigenvalue weighted by Gasteiger charge is 2.26. The van der Waals surface area contributed by atoms with Gasteiger partial charge in [-0.15, -0.1) is 0 Å². The second-order valence-corrected chi connectivity index (χ2v) is 10.0. The van der Waals surface area contributed by atoms with Crippen LogP contribution in [0.5, 0.6) is 5.75 Å². The zero-order chi connectivity index (χ0) is 24.4. The number of esters is 1. The summed E-state index contributed by atoms with van der Waals surface area (Å²) in [4.78, 5) is 26.9. The van der Waals surface area contributed by atoms with Crippen LogP contribution < -0.4 is 4.74 Å². The van der Waals surface area contributed by atoms with E-state index < -0.39 is 10.9 Å². The Labute approximate surface area is 224 Å². The van der Waals surface area contributed by atoms with Crippen LogP contribution in [0.25, 0.3) is 6.08 Å². The molecule has 3 aromatic carbocycles. The number of aliphatic imine (C=N–C) groups is 1. The highest BCUT2D eigenvalue weighted by atomic mass is 79.9. The lowest BCUT2D eigenvalue weighted by Gasteiger charge is -2.12. The van der Waals surface area contributed by atoms with Crippen molar-refractivity contribution in [2.24, 2.45) is 4.99 Å². The first-order valence-corrected chi connectivity index (χ1v) is 12.3. The topological polar surface area (TPSA) is 91.0 Å². The number of carbonyl (C=O) groups excluding carboxylic acids is 1. The molecule has 0 spiro atoms. The monoisotopic (exact) mass is 668 g/mol. The molecule has 0 radical (unpaired) electrons. The summed E-state index contributed by atoms with van der Waals surface area (Å²) in [6, 6.07) is 15.2. The maximum Gasteiger partial charge on any atom is 0.363 e. The molecule has 11 heteroatoms. The number of carbonyl (C=O) groups is 1. The van der Waals surface area contributed by atoms with Gasteiger partial charge in [0.15, 0.2) is 5.70 Å². The SMILES string of the molecule is O=C1OC(c2ccc([N+](=O)[O-])cc2Cl)=N/C1=C\c1cc(Br)c(OCc2cccc(Br)c2)c(Br)c1. The molecule has 0 aromatic heterocycles. The normalized spacial score (nSPS) is 14.2. The van der Waals surface area contributed by atoms with Crippen LogP contribution in [0.3, 0.4) is 0 Å². The number of ether oxygens (including phenoxy) is 2. The zero-order valence-corrected chi connectivity index (χ0v) is 22.4. The maximum absolute atomic E-state index is 12.4. The first-order valence-electron chi connectivity index (χ1n) is 9.54. The van der Waals surface area contributed by atoms with Gasteiger partial charge < -0.3 is 9.47 Å². The fourth-order valence-corrected chi connectivity index (χ4v) is 5.21.